The lowest BCUT2D eigenvalue weighted by Gasteiger charge is -2.34. The molecule has 0 saturated heterocycles. The van der Waals surface area contributed by atoms with Crippen LogP contribution in [0.15, 0.2) is 237 Å². The lowest BCUT2D eigenvalue weighted by Crippen LogP contribution is -2.28. The van der Waals surface area contributed by atoms with Crippen LogP contribution in [-0.2, 0) is 10.8 Å². The van der Waals surface area contributed by atoms with Crippen molar-refractivity contribution in [3.63, 3.8) is 0 Å². The molecule has 2 aliphatic rings. The Labute approximate surface area is 411 Å². The average Bonchev–Trinajstić information content (AvgIpc) is 3.87. The van der Waals surface area contributed by atoms with Gasteiger partial charge < -0.3 is 20.4 Å². The van der Waals surface area contributed by atoms with Crippen molar-refractivity contribution in [2.24, 2.45) is 0 Å². The first-order chi connectivity index (χ1) is 34.7. The quantitative estimate of drug-likeness (QED) is 0.142. The van der Waals surface area contributed by atoms with Crippen molar-refractivity contribution in [2.75, 3.05) is 0 Å². The van der Waals surface area contributed by atoms with Gasteiger partial charge in [0.05, 0.1) is 10.8 Å². The van der Waals surface area contributed by atoms with Gasteiger partial charge in [-0.2, -0.15) is 0 Å². The number of hydrogen-bond acceptors (Lipinski definition) is 4. The lowest BCUT2D eigenvalue weighted by atomic mass is 9.67. The Balaban J connectivity index is 0.000000139. The van der Waals surface area contributed by atoms with Gasteiger partial charge >= 0.3 is 0 Å². The molecular weight excluding hydrogens is 869 g/mol. The smallest absolute Gasteiger partial charge is 0.123 e. The number of fused-ring (bicyclic) bond motifs is 10. The highest BCUT2D eigenvalue weighted by Crippen LogP contribution is 2.59. The van der Waals surface area contributed by atoms with Gasteiger partial charge in [0.15, 0.2) is 0 Å². The van der Waals surface area contributed by atoms with Gasteiger partial charge in [0.2, 0.25) is 0 Å². The molecule has 0 radical (unpaired) electrons. The SMILES string of the molecule is Cc1cccc2cc(C3(c4ccc5cc(O)ccc5c4)c4ccccc4-c4ccccc43)cc(O)c12.Oc1ccc2cc(C3(c4ccc5c(O)cccc5c4)c4ccccc4-c4ccccc43)ccc2c1. The second kappa shape index (κ2) is 16.0. The van der Waals surface area contributed by atoms with E-state index in [0.717, 1.165) is 65.3 Å². The first-order valence-electron chi connectivity index (χ1n) is 24.0. The van der Waals surface area contributed by atoms with Crippen molar-refractivity contribution < 1.29 is 20.4 Å². The lowest BCUT2D eigenvalue weighted by molar-refractivity contribution is 0.475. The van der Waals surface area contributed by atoms with E-state index < -0.39 is 10.8 Å². The van der Waals surface area contributed by atoms with Crippen molar-refractivity contribution in [3.8, 4) is 45.3 Å². The Kier molecular flexibility index (Phi) is 9.46. The van der Waals surface area contributed by atoms with Crippen LogP contribution >= 0.6 is 0 Å². The predicted octanol–water partition coefficient (Wildman–Crippen LogP) is 15.8. The molecule has 12 aromatic carbocycles. The highest BCUT2D eigenvalue weighted by Gasteiger charge is 2.47. The standard InChI is InChI=1S/C34H24O2.C33H22O2/c1-21-7-6-8-24-18-26(20-32(36)33(21)24)34(25-15-13-23-19-27(35)16-14-22(23)17-25)30-11-4-2-9-28(30)29-10-3-5-12-31(29)34;34-26-16-13-21-18-24(14-12-22(21)20-26)33(25-15-17-27-23(19-25)6-5-11-32(27)35)30-9-3-1-7-28(30)29-8-2-4-10-31(29)33/h2-20,35-36H,1H3;1-20,34-35H. The summed E-state index contributed by atoms with van der Waals surface area (Å²) in [6, 6.07) is 81.0. The Morgan fingerprint density at radius 2 is 0.676 bits per heavy atom. The topological polar surface area (TPSA) is 80.9 Å². The van der Waals surface area contributed by atoms with E-state index in [9.17, 15) is 20.4 Å². The molecular formula is C67H46O4. The molecule has 0 aliphatic heterocycles. The third-order valence-corrected chi connectivity index (χ3v) is 15.3. The summed E-state index contributed by atoms with van der Waals surface area (Å²) >= 11 is 0. The molecule has 0 saturated carbocycles. The molecule has 0 unspecified atom stereocenters. The van der Waals surface area contributed by atoms with Gasteiger partial charge in [0.1, 0.15) is 23.0 Å². The molecule has 2 aliphatic carbocycles. The molecule has 12 aromatic rings. The van der Waals surface area contributed by atoms with E-state index in [1.807, 2.05) is 49.4 Å². The minimum Gasteiger partial charge on any atom is -0.508 e. The zero-order valence-electron chi connectivity index (χ0n) is 38.8. The predicted molar refractivity (Wildman–Crippen MR) is 289 cm³/mol. The van der Waals surface area contributed by atoms with Crippen LogP contribution < -0.4 is 0 Å². The van der Waals surface area contributed by atoms with E-state index in [1.165, 1.54) is 50.1 Å². The van der Waals surface area contributed by atoms with E-state index in [-0.39, 0.29) is 11.5 Å². The summed E-state index contributed by atoms with van der Waals surface area (Å²) in [5, 5.41) is 49.7. The van der Waals surface area contributed by atoms with Crippen LogP contribution in [0.25, 0.3) is 65.3 Å². The third-order valence-electron chi connectivity index (χ3n) is 15.3. The number of phenols is 4. The minimum absolute atomic E-state index is 0.261. The summed E-state index contributed by atoms with van der Waals surface area (Å²) in [4.78, 5) is 0. The number of aromatic hydroxyl groups is 4. The van der Waals surface area contributed by atoms with Crippen LogP contribution in [0.1, 0.15) is 50.1 Å². The maximum atomic E-state index is 11.3. The Morgan fingerprint density at radius 3 is 1.20 bits per heavy atom. The van der Waals surface area contributed by atoms with E-state index in [4.69, 9.17) is 0 Å². The molecule has 0 spiro atoms. The fraction of sp³-hybridized carbons (Fsp3) is 0.0448. The van der Waals surface area contributed by atoms with Crippen LogP contribution in [0.4, 0.5) is 0 Å². The second-order valence-electron chi connectivity index (χ2n) is 19.1. The summed E-state index contributed by atoms with van der Waals surface area (Å²) in [6.07, 6.45) is 0. The fourth-order valence-electron chi connectivity index (χ4n) is 12.3. The Morgan fingerprint density at radius 1 is 0.282 bits per heavy atom. The van der Waals surface area contributed by atoms with Crippen molar-refractivity contribution in [3.05, 3.63) is 287 Å². The molecule has 4 N–H and O–H groups in total. The molecule has 0 fully saturated rings. The second-order valence-corrected chi connectivity index (χ2v) is 19.1. The van der Waals surface area contributed by atoms with Gasteiger partial charge in [0, 0.05) is 10.8 Å². The number of phenolic OH excluding ortho intramolecular Hbond substituents is 4. The van der Waals surface area contributed by atoms with Crippen LogP contribution in [0.2, 0.25) is 0 Å². The Hall–Kier alpha value is -9.12. The number of hydrogen-bond donors (Lipinski definition) is 4. The fourth-order valence-corrected chi connectivity index (χ4v) is 12.3. The molecule has 71 heavy (non-hydrogen) atoms. The zero-order chi connectivity index (χ0) is 48.0. The van der Waals surface area contributed by atoms with Crippen molar-refractivity contribution in [2.45, 2.75) is 17.8 Å². The van der Waals surface area contributed by atoms with Crippen LogP contribution in [0, 0.1) is 6.92 Å². The van der Waals surface area contributed by atoms with Gasteiger partial charge in [-0.1, -0.05) is 176 Å². The van der Waals surface area contributed by atoms with Gasteiger partial charge in [-0.25, -0.2) is 0 Å². The first kappa shape index (κ1) is 42.0. The van der Waals surface area contributed by atoms with E-state index in [0.29, 0.717) is 11.5 Å². The number of benzene rings is 12. The summed E-state index contributed by atoms with van der Waals surface area (Å²) in [5.74, 6) is 1.12. The van der Waals surface area contributed by atoms with E-state index in [2.05, 4.69) is 164 Å². The van der Waals surface area contributed by atoms with Crippen molar-refractivity contribution in [1.29, 1.82) is 0 Å². The number of aryl methyl sites for hydroxylation is 1. The van der Waals surface area contributed by atoms with Gasteiger partial charge in [-0.3, -0.25) is 0 Å². The molecule has 0 atom stereocenters. The molecule has 0 aromatic heterocycles. The van der Waals surface area contributed by atoms with Crippen LogP contribution in [0.3, 0.4) is 0 Å². The maximum Gasteiger partial charge on any atom is 0.123 e. The third kappa shape index (κ3) is 6.24. The van der Waals surface area contributed by atoms with E-state index in [1.54, 1.807) is 30.3 Å². The van der Waals surface area contributed by atoms with Crippen molar-refractivity contribution >= 4 is 43.1 Å². The van der Waals surface area contributed by atoms with Crippen LogP contribution in [-0.4, -0.2) is 20.4 Å². The van der Waals surface area contributed by atoms with Crippen molar-refractivity contribution in [1.82, 2.24) is 0 Å². The molecule has 14 rings (SSSR count). The van der Waals surface area contributed by atoms with Crippen LogP contribution in [0.5, 0.6) is 23.0 Å². The first-order valence-corrected chi connectivity index (χ1v) is 24.0. The highest BCUT2D eigenvalue weighted by molar-refractivity contribution is 5.96. The summed E-state index contributed by atoms with van der Waals surface area (Å²) in [6.45, 7) is 2.04. The Bertz CT molecular complexity index is 4060. The average molecular weight is 915 g/mol. The summed E-state index contributed by atoms with van der Waals surface area (Å²) < 4.78 is 0. The monoisotopic (exact) mass is 914 g/mol. The summed E-state index contributed by atoms with van der Waals surface area (Å²) in [5.41, 5.74) is 14.2. The number of rotatable bonds is 4. The van der Waals surface area contributed by atoms with Gasteiger partial charge in [0.25, 0.3) is 0 Å². The maximum absolute atomic E-state index is 11.3. The molecule has 0 bridgehead atoms. The largest absolute Gasteiger partial charge is 0.508 e. The highest BCUT2D eigenvalue weighted by atomic mass is 16.3. The molecule has 0 amide bonds. The zero-order valence-corrected chi connectivity index (χ0v) is 38.8. The normalized spacial score (nSPS) is 13.6. The van der Waals surface area contributed by atoms with Gasteiger partial charge in [-0.05, 0) is 172 Å². The minimum atomic E-state index is -0.603. The molecule has 4 nitrogen and oxygen atoms in total. The molecule has 338 valence electrons. The van der Waals surface area contributed by atoms with E-state index >= 15 is 0 Å². The molecule has 4 heteroatoms. The van der Waals surface area contributed by atoms with Gasteiger partial charge in [-0.15, -0.1) is 0 Å². The molecule has 0 heterocycles. The summed E-state index contributed by atoms with van der Waals surface area (Å²) in [7, 11) is 0.